The number of aromatic nitrogens is 3. The van der Waals surface area contributed by atoms with Crippen molar-refractivity contribution in [2.24, 2.45) is 7.05 Å². The van der Waals surface area contributed by atoms with E-state index in [1.54, 1.807) is 19.2 Å². The van der Waals surface area contributed by atoms with Crippen LogP contribution in [0.15, 0.2) is 22.9 Å². The number of hydrogen-bond acceptors (Lipinski definition) is 5. The molecule has 1 aliphatic rings. The van der Waals surface area contributed by atoms with E-state index >= 15 is 0 Å². The summed E-state index contributed by atoms with van der Waals surface area (Å²) in [5.74, 6) is 0.776. The van der Waals surface area contributed by atoms with Crippen LogP contribution in [0.25, 0.3) is 0 Å². The second-order valence-electron chi connectivity index (χ2n) is 3.88. The molecule has 1 aromatic heterocycles. The molecule has 0 unspecified atom stereocenters. The second kappa shape index (κ2) is 4.54. The number of hydrogen-bond donors (Lipinski definition) is 1. The van der Waals surface area contributed by atoms with Crippen molar-refractivity contribution < 1.29 is 14.3 Å². The van der Waals surface area contributed by atoms with Crippen molar-refractivity contribution in [1.29, 1.82) is 0 Å². The highest BCUT2D eigenvalue weighted by Gasteiger charge is 2.21. The molecule has 0 aliphatic carbocycles. The summed E-state index contributed by atoms with van der Waals surface area (Å²) >= 11 is 3.34. The van der Waals surface area contributed by atoms with Gasteiger partial charge in [0.2, 0.25) is 12.6 Å². The van der Waals surface area contributed by atoms with Crippen LogP contribution in [-0.2, 0) is 7.05 Å². The lowest BCUT2D eigenvalue weighted by molar-refractivity contribution is 0.101. The van der Waals surface area contributed by atoms with E-state index in [-0.39, 0.29) is 12.6 Å². The topological polar surface area (TPSA) is 78.3 Å². The summed E-state index contributed by atoms with van der Waals surface area (Å²) in [5, 5.41) is 6.63. The van der Waals surface area contributed by atoms with E-state index in [0.717, 1.165) is 4.47 Å². The number of nitrogens with one attached hydrogen (secondary N) is 1. The van der Waals surface area contributed by atoms with Crippen LogP contribution in [0.4, 0.5) is 5.69 Å². The van der Waals surface area contributed by atoms with Crippen molar-refractivity contribution in [2.45, 2.75) is 0 Å². The molecular weight excluding hydrogens is 316 g/mol. The van der Waals surface area contributed by atoms with Gasteiger partial charge in [-0.2, -0.15) is 0 Å². The predicted molar refractivity (Wildman–Crippen MR) is 69.2 cm³/mol. The molecule has 0 saturated heterocycles. The lowest BCUT2D eigenvalue weighted by Crippen LogP contribution is -2.14. The molecule has 2 heterocycles. The molecule has 3 rings (SSSR count). The average Bonchev–Trinajstić information content (AvgIpc) is 2.97. The zero-order chi connectivity index (χ0) is 13.4. The van der Waals surface area contributed by atoms with Gasteiger partial charge >= 0.3 is 0 Å². The van der Waals surface area contributed by atoms with Crippen LogP contribution in [0.1, 0.15) is 10.6 Å². The van der Waals surface area contributed by atoms with Gasteiger partial charge in [-0.25, -0.2) is 4.98 Å². The van der Waals surface area contributed by atoms with E-state index in [4.69, 9.17) is 9.47 Å². The molecular formula is C11H9BrN4O3. The first kappa shape index (κ1) is 12.0. The van der Waals surface area contributed by atoms with Gasteiger partial charge in [0.15, 0.2) is 11.5 Å². The number of fused-ring (bicyclic) bond motifs is 1. The van der Waals surface area contributed by atoms with E-state index in [1.807, 2.05) is 0 Å². The van der Waals surface area contributed by atoms with Crippen molar-refractivity contribution in [2.75, 3.05) is 12.1 Å². The zero-order valence-electron chi connectivity index (χ0n) is 9.88. The molecule has 98 valence electrons. The number of rotatable bonds is 2. The first-order valence-corrected chi connectivity index (χ1v) is 6.19. The van der Waals surface area contributed by atoms with Gasteiger partial charge in [0.1, 0.15) is 6.33 Å². The maximum atomic E-state index is 12.0. The number of amides is 1. The van der Waals surface area contributed by atoms with Gasteiger partial charge in [0.25, 0.3) is 5.91 Å². The summed E-state index contributed by atoms with van der Waals surface area (Å²) in [6, 6.07) is 3.51. The van der Waals surface area contributed by atoms with Crippen LogP contribution in [-0.4, -0.2) is 27.5 Å². The van der Waals surface area contributed by atoms with Crippen LogP contribution in [0.5, 0.6) is 11.5 Å². The Bertz CT molecular complexity index is 655. The van der Waals surface area contributed by atoms with E-state index in [0.29, 0.717) is 17.2 Å². The fourth-order valence-electron chi connectivity index (χ4n) is 1.69. The summed E-state index contributed by atoms with van der Waals surface area (Å²) in [6.07, 6.45) is 1.46. The van der Waals surface area contributed by atoms with Crippen LogP contribution in [0.2, 0.25) is 0 Å². The molecule has 1 aromatic carbocycles. The monoisotopic (exact) mass is 324 g/mol. The Kier molecular flexibility index (Phi) is 2.86. The number of halogens is 1. The number of carbonyl (C=O) groups is 1. The first-order valence-electron chi connectivity index (χ1n) is 5.39. The second-order valence-corrected chi connectivity index (χ2v) is 4.80. The molecule has 0 radical (unpaired) electrons. The molecule has 0 fully saturated rings. The Morgan fingerprint density at radius 1 is 1.47 bits per heavy atom. The Balaban J connectivity index is 1.90. The maximum absolute atomic E-state index is 12.0. The summed E-state index contributed by atoms with van der Waals surface area (Å²) in [7, 11) is 1.69. The molecule has 0 saturated carbocycles. The molecule has 0 bridgehead atoms. The maximum Gasteiger partial charge on any atom is 0.295 e. The number of carbonyl (C=O) groups excluding carboxylic acids is 1. The van der Waals surface area contributed by atoms with Crippen LogP contribution >= 0.6 is 15.9 Å². The van der Waals surface area contributed by atoms with E-state index in [2.05, 4.69) is 31.3 Å². The van der Waals surface area contributed by atoms with Crippen molar-refractivity contribution in [1.82, 2.24) is 14.8 Å². The van der Waals surface area contributed by atoms with Crippen LogP contribution in [0.3, 0.4) is 0 Å². The Labute approximate surface area is 116 Å². The summed E-state index contributed by atoms with van der Waals surface area (Å²) in [6.45, 7) is 0.135. The number of anilines is 1. The molecule has 0 spiro atoms. The Morgan fingerprint density at radius 3 is 3.05 bits per heavy atom. The first-order chi connectivity index (χ1) is 9.13. The van der Waals surface area contributed by atoms with E-state index in [9.17, 15) is 4.79 Å². The fourth-order valence-corrected chi connectivity index (χ4v) is 2.13. The minimum Gasteiger partial charge on any atom is -0.453 e. The third-order valence-electron chi connectivity index (χ3n) is 2.49. The van der Waals surface area contributed by atoms with Crippen molar-refractivity contribution in [3.8, 4) is 11.5 Å². The van der Waals surface area contributed by atoms with Gasteiger partial charge in [0, 0.05) is 11.5 Å². The van der Waals surface area contributed by atoms with Gasteiger partial charge < -0.3 is 14.8 Å². The zero-order valence-corrected chi connectivity index (χ0v) is 11.5. The molecule has 2 aromatic rings. The molecule has 7 nitrogen and oxygen atoms in total. The van der Waals surface area contributed by atoms with E-state index in [1.165, 1.54) is 11.0 Å². The smallest absolute Gasteiger partial charge is 0.295 e. The summed E-state index contributed by atoms with van der Waals surface area (Å²) < 4.78 is 12.8. The normalized spacial score (nSPS) is 12.5. The predicted octanol–water partition coefficient (Wildman–Crippen LogP) is 1.56. The SMILES string of the molecule is Cn1cnc(C(=O)Nc2cc(Br)cc3c2OCO3)n1. The van der Waals surface area contributed by atoms with Gasteiger partial charge in [0.05, 0.1) is 5.69 Å². The van der Waals surface area contributed by atoms with Gasteiger partial charge in [-0.15, -0.1) is 5.10 Å². The van der Waals surface area contributed by atoms with Gasteiger partial charge in [-0.1, -0.05) is 15.9 Å². The van der Waals surface area contributed by atoms with Crippen molar-refractivity contribution in [3.05, 3.63) is 28.8 Å². The summed E-state index contributed by atoms with van der Waals surface area (Å²) in [4.78, 5) is 15.9. The lowest BCUT2D eigenvalue weighted by atomic mass is 10.2. The molecule has 0 atom stereocenters. The molecule has 1 N–H and O–H groups in total. The number of aryl methyl sites for hydroxylation is 1. The Hall–Kier alpha value is -2.09. The standard InChI is InChI=1S/C11H9BrN4O3/c1-16-4-13-10(15-16)11(17)14-7-2-6(12)3-8-9(7)19-5-18-8/h2-4H,5H2,1H3,(H,14,17). The largest absolute Gasteiger partial charge is 0.453 e. The minimum atomic E-state index is -0.406. The minimum absolute atomic E-state index is 0.0927. The molecule has 8 heteroatoms. The number of ether oxygens (including phenoxy) is 2. The van der Waals surface area contributed by atoms with Gasteiger partial charge in [-0.3, -0.25) is 9.48 Å². The lowest BCUT2D eigenvalue weighted by Gasteiger charge is -2.07. The van der Waals surface area contributed by atoms with Crippen molar-refractivity contribution in [3.63, 3.8) is 0 Å². The third-order valence-corrected chi connectivity index (χ3v) is 2.95. The van der Waals surface area contributed by atoms with Crippen LogP contribution < -0.4 is 14.8 Å². The van der Waals surface area contributed by atoms with E-state index < -0.39 is 5.91 Å². The molecule has 1 aliphatic heterocycles. The Morgan fingerprint density at radius 2 is 2.32 bits per heavy atom. The highest BCUT2D eigenvalue weighted by Crippen LogP contribution is 2.41. The highest BCUT2D eigenvalue weighted by atomic mass is 79.9. The van der Waals surface area contributed by atoms with Gasteiger partial charge in [-0.05, 0) is 12.1 Å². The fraction of sp³-hybridized carbons (Fsp3) is 0.182. The third kappa shape index (κ3) is 2.26. The number of nitrogens with zero attached hydrogens (tertiary/aromatic N) is 3. The number of benzene rings is 1. The molecule has 19 heavy (non-hydrogen) atoms. The quantitative estimate of drug-likeness (QED) is 0.907. The molecule has 1 amide bonds. The highest BCUT2D eigenvalue weighted by molar-refractivity contribution is 9.10. The summed E-state index contributed by atoms with van der Waals surface area (Å²) in [5.41, 5.74) is 0.513. The van der Waals surface area contributed by atoms with Crippen molar-refractivity contribution >= 4 is 27.5 Å². The van der Waals surface area contributed by atoms with Crippen LogP contribution in [0, 0.1) is 0 Å². The average molecular weight is 325 g/mol.